The van der Waals surface area contributed by atoms with Crippen molar-refractivity contribution < 1.29 is 4.79 Å². The highest BCUT2D eigenvalue weighted by Gasteiger charge is 2.27. The van der Waals surface area contributed by atoms with Crippen molar-refractivity contribution in [2.24, 2.45) is 0 Å². The Morgan fingerprint density at radius 2 is 1.79 bits per heavy atom. The molecule has 1 aromatic heterocycles. The number of amides is 1. The first kappa shape index (κ1) is 19.2. The van der Waals surface area contributed by atoms with Crippen LogP contribution in [0.4, 0.5) is 5.82 Å². The van der Waals surface area contributed by atoms with Gasteiger partial charge in [-0.15, -0.1) is 0 Å². The Labute approximate surface area is 172 Å². The second kappa shape index (κ2) is 8.48. The summed E-state index contributed by atoms with van der Waals surface area (Å²) in [5.41, 5.74) is 4.12. The molecule has 29 heavy (non-hydrogen) atoms. The minimum atomic E-state index is 0.121. The van der Waals surface area contributed by atoms with E-state index in [4.69, 9.17) is 0 Å². The Hall–Kier alpha value is -3.14. The Morgan fingerprint density at radius 3 is 2.59 bits per heavy atom. The van der Waals surface area contributed by atoms with Gasteiger partial charge in [-0.1, -0.05) is 48.5 Å². The molecule has 0 bridgehead atoms. The van der Waals surface area contributed by atoms with Crippen LogP contribution in [0.2, 0.25) is 0 Å². The maximum atomic E-state index is 13.5. The molecule has 4 nitrogen and oxygen atoms in total. The zero-order valence-electron chi connectivity index (χ0n) is 17.1. The molecule has 0 aliphatic carbocycles. The monoisotopic (exact) mass is 385 g/mol. The van der Waals surface area contributed by atoms with E-state index in [2.05, 4.69) is 29.2 Å². The molecule has 1 atom stereocenters. The number of carbonyl (C=O) groups is 1. The van der Waals surface area contributed by atoms with Crippen LogP contribution in [0.5, 0.6) is 0 Å². The van der Waals surface area contributed by atoms with Gasteiger partial charge in [-0.25, -0.2) is 4.98 Å². The van der Waals surface area contributed by atoms with E-state index in [9.17, 15) is 4.79 Å². The third-order valence-electron chi connectivity index (χ3n) is 5.65. The van der Waals surface area contributed by atoms with Crippen LogP contribution in [0, 0.1) is 0 Å². The van der Waals surface area contributed by atoms with Crippen molar-refractivity contribution >= 4 is 11.7 Å². The first-order chi connectivity index (χ1) is 14.1. The lowest BCUT2D eigenvalue weighted by Gasteiger charge is -2.33. The first-order valence-electron chi connectivity index (χ1n) is 10.2. The molecule has 0 spiro atoms. The molecule has 4 heteroatoms. The molecule has 148 valence electrons. The highest BCUT2D eigenvalue weighted by Crippen LogP contribution is 2.31. The molecule has 1 aliphatic rings. The Kier molecular flexibility index (Phi) is 5.61. The van der Waals surface area contributed by atoms with Crippen LogP contribution in [-0.4, -0.2) is 43.0 Å². The molecule has 1 saturated heterocycles. The molecule has 4 rings (SSSR count). The van der Waals surface area contributed by atoms with Gasteiger partial charge in [-0.05, 0) is 47.7 Å². The summed E-state index contributed by atoms with van der Waals surface area (Å²) in [5, 5.41) is 0. The lowest BCUT2D eigenvalue weighted by atomic mass is 9.90. The number of hydrogen-bond acceptors (Lipinski definition) is 3. The topological polar surface area (TPSA) is 36.4 Å². The van der Waals surface area contributed by atoms with Crippen molar-refractivity contribution in [2.75, 3.05) is 32.1 Å². The summed E-state index contributed by atoms with van der Waals surface area (Å²) < 4.78 is 0. The zero-order valence-corrected chi connectivity index (χ0v) is 17.1. The number of pyridine rings is 1. The number of hydrogen-bond donors (Lipinski definition) is 0. The zero-order chi connectivity index (χ0) is 20.2. The minimum Gasteiger partial charge on any atom is -0.363 e. The predicted molar refractivity (Wildman–Crippen MR) is 118 cm³/mol. The summed E-state index contributed by atoms with van der Waals surface area (Å²) in [5.74, 6) is 1.43. The lowest BCUT2D eigenvalue weighted by Crippen LogP contribution is -2.39. The Morgan fingerprint density at radius 1 is 1.03 bits per heavy atom. The molecule has 2 aromatic carbocycles. The molecule has 1 aliphatic heterocycles. The molecule has 1 amide bonds. The van der Waals surface area contributed by atoms with Gasteiger partial charge in [0.15, 0.2) is 0 Å². The number of likely N-dealkylation sites (tertiary alicyclic amines) is 1. The SMILES string of the molecule is CN(C)c1cc(C2CCCN(C(=O)c3ccccc3-c3ccccc3)C2)ccn1. The van der Waals surface area contributed by atoms with E-state index in [0.29, 0.717) is 5.92 Å². The van der Waals surface area contributed by atoms with Gasteiger partial charge in [-0.2, -0.15) is 0 Å². The summed E-state index contributed by atoms with van der Waals surface area (Å²) in [6, 6.07) is 22.3. The minimum absolute atomic E-state index is 0.121. The summed E-state index contributed by atoms with van der Waals surface area (Å²) in [4.78, 5) is 21.9. The van der Waals surface area contributed by atoms with E-state index in [0.717, 1.165) is 48.4 Å². The molecular weight excluding hydrogens is 358 g/mol. The van der Waals surface area contributed by atoms with E-state index in [1.54, 1.807) is 0 Å². The molecule has 0 N–H and O–H groups in total. The van der Waals surface area contributed by atoms with Gasteiger partial charge in [0.1, 0.15) is 5.82 Å². The average Bonchev–Trinajstić information content (AvgIpc) is 2.79. The third kappa shape index (κ3) is 4.16. The normalized spacial score (nSPS) is 16.5. The number of anilines is 1. The highest BCUT2D eigenvalue weighted by molar-refractivity contribution is 6.01. The number of rotatable bonds is 4. The van der Waals surface area contributed by atoms with Crippen LogP contribution in [0.25, 0.3) is 11.1 Å². The lowest BCUT2D eigenvalue weighted by molar-refractivity contribution is 0.0708. The second-order valence-electron chi connectivity index (χ2n) is 7.84. The van der Waals surface area contributed by atoms with Crippen molar-refractivity contribution in [1.82, 2.24) is 9.88 Å². The maximum Gasteiger partial charge on any atom is 0.254 e. The van der Waals surface area contributed by atoms with E-state index in [1.807, 2.05) is 72.6 Å². The van der Waals surface area contributed by atoms with Crippen LogP contribution in [0.3, 0.4) is 0 Å². The maximum absolute atomic E-state index is 13.5. The number of benzene rings is 2. The molecular formula is C25H27N3O. The van der Waals surface area contributed by atoms with Crippen LogP contribution in [-0.2, 0) is 0 Å². The van der Waals surface area contributed by atoms with Gasteiger partial charge >= 0.3 is 0 Å². The quantitative estimate of drug-likeness (QED) is 0.645. The van der Waals surface area contributed by atoms with Crippen molar-refractivity contribution in [1.29, 1.82) is 0 Å². The predicted octanol–water partition coefficient (Wildman–Crippen LogP) is 4.83. The summed E-state index contributed by atoms with van der Waals surface area (Å²) in [6.45, 7) is 1.56. The fourth-order valence-corrected chi connectivity index (χ4v) is 4.08. The largest absolute Gasteiger partial charge is 0.363 e. The number of carbonyl (C=O) groups excluding carboxylic acids is 1. The van der Waals surface area contributed by atoms with Gasteiger partial charge in [0, 0.05) is 44.9 Å². The average molecular weight is 386 g/mol. The highest BCUT2D eigenvalue weighted by atomic mass is 16.2. The summed E-state index contributed by atoms with van der Waals surface area (Å²) in [6.07, 6.45) is 3.99. The standard InChI is InChI=1S/C25H27N3O/c1-27(2)24-17-20(14-15-26-24)21-11-8-16-28(18-21)25(29)23-13-7-6-12-22(23)19-9-4-3-5-10-19/h3-7,9-10,12-15,17,21H,8,11,16,18H2,1-2H3. The Balaban J connectivity index is 1.58. The molecule has 0 radical (unpaired) electrons. The van der Waals surface area contributed by atoms with E-state index < -0.39 is 0 Å². The molecule has 3 aromatic rings. The van der Waals surface area contributed by atoms with Gasteiger partial charge in [-0.3, -0.25) is 4.79 Å². The van der Waals surface area contributed by atoms with Crippen molar-refractivity contribution in [3.8, 4) is 11.1 Å². The molecule has 2 heterocycles. The van der Waals surface area contributed by atoms with Crippen molar-refractivity contribution in [3.63, 3.8) is 0 Å². The molecule has 0 saturated carbocycles. The number of nitrogens with zero attached hydrogens (tertiary/aromatic N) is 3. The smallest absolute Gasteiger partial charge is 0.254 e. The van der Waals surface area contributed by atoms with Crippen LogP contribution < -0.4 is 4.90 Å². The van der Waals surface area contributed by atoms with E-state index >= 15 is 0 Å². The fraction of sp³-hybridized carbons (Fsp3) is 0.280. The van der Waals surface area contributed by atoms with E-state index in [1.165, 1.54) is 5.56 Å². The van der Waals surface area contributed by atoms with Crippen molar-refractivity contribution in [2.45, 2.75) is 18.8 Å². The van der Waals surface area contributed by atoms with Crippen molar-refractivity contribution in [3.05, 3.63) is 84.1 Å². The fourth-order valence-electron chi connectivity index (χ4n) is 4.08. The first-order valence-corrected chi connectivity index (χ1v) is 10.2. The molecule has 1 unspecified atom stereocenters. The van der Waals surface area contributed by atoms with Crippen LogP contribution >= 0.6 is 0 Å². The third-order valence-corrected chi connectivity index (χ3v) is 5.65. The van der Waals surface area contributed by atoms with Gasteiger partial charge in [0.25, 0.3) is 5.91 Å². The number of piperidine rings is 1. The van der Waals surface area contributed by atoms with Gasteiger partial charge < -0.3 is 9.80 Å². The summed E-state index contributed by atoms with van der Waals surface area (Å²) >= 11 is 0. The van der Waals surface area contributed by atoms with E-state index in [-0.39, 0.29) is 5.91 Å². The molecule has 1 fully saturated rings. The van der Waals surface area contributed by atoms with Crippen LogP contribution in [0.1, 0.15) is 34.7 Å². The summed E-state index contributed by atoms with van der Waals surface area (Å²) in [7, 11) is 4.01. The van der Waals surface area contributed by atoms with Crippen LogP contribution in [0.15, 0.2) is 72.9 Å². The second-order valence-corrected chi connectivity index (χ2v) is 7.84. The Bertz CT molecular complexity index is 984. The number of aromatic nitrogens is 1. The van der Waals surface area contributed by atoms with Gasteiger partial charge in [0.05, 0.1) is 0 Å². The van der Waals surface area contributed by atoms with Gasteiger partial charge in [0.2, 0.25) is 0 Å².